The maximum Gasteiger partial charge on any atom is 0.410 e. The summed E-state index contributed by atoms with van der Waals surface area (Å²) in [6, 6.07) is 0.0524. The maximum atomic E-state index is 12.8. The van der Waals surface area contributed by atoms with Crippen LogP contribution in [0, 0.1) is 0 Å². The fourth-order valence-electron chi connectivity index (χ4n) is 4.12. The van der Waals surface area contributed by atoms with Crippen LogP contribution in [0.2, 0.25) is 5.28 Å². The number of allylic oxidation sites excluding steroid dienone is 2. The first-order chi connectivity index (χ1) is 14.1. The smallest absolute Gasteiger partial charge is 0.410 e. The summed E-state index contributed by atoms with van der Waals surface area (Å²) in [7, 11) is 1.79. The Morgan fingerprint density at radius 3 is 2.77 bits per heavy atom. The van der Waals surface area contributed by atoms with Crippen molar-refractivity contribution >= 4 is 23.5 Å². The van der Waals surface area contributed by atoms with Crippen molar-refractivity contribution in [3.05, 3.63) is 28.2 Å². The fraction of sp³-hybridized carbons (Fsp3) is 0.682. The number of alkyl halides is 1. The molecule has 3 rings (SSSR count). The molecule has 1 aliphatic carbocycles. The van der Waals surface area contributed by atoms with Crippen molar-refractivity contribution in [1.29, 1.82) is 0 Å². The lowest BCUT2D eigenvalue weighted by molar-refractivity contribution is 0.0238. The van der Waals surface area contributed by atoms with E-state index < -0.39 is 12.3 Å². The molecule has 1 aliphatic heterocycles. The number of hydrogen-bond donors (Lipinski definition) is 0. The van der Waals surface area contributed by atoms with Gasteiger partial charge in [0, 0.05) is 31.6 Å². The predicted octanol–water partition coefficient (Wildman–Crippen LogP) is 4.91. The van der Waals surface area contributed by atoms with Crippen LogP contribution >= 0.6 is 11.6 Å². The molecule has 1 amide bonds. The number of amides is 1. The first kappa shape index (κ1) is 22.8. The molecule has 2 atom stereocenters. The average molecular weight is 439 g/mol. The summed E-state index contributed by atoms with van der Waals surface area (Å²) >= 11 is 6.28. The molecule has 1 aromatic rings. The molecule has 1 fully saturated rings. The third-order valence-corrected chi connectivity index (χ3v) is 5.94. The number of nitrogens with zero attached hydrogens (tertiary/aromatic N) is 4. The van der Waals surface area contributed by atoms with Gasteiger partial charge in [-0.2, -0.15) is 0 Å². The van der Waals surface area contributed by atoms with Gasteiger partial charge in [-0.1, -0.05) is 6.08 Å². The van der Waals surface area contributed by atoms with Gasteiger partial charge in [0.2, 0.25) is 5.28 Å². The van der Waals surface area contributed by atoms with Crippen molar-refractivity contribution in [2.45, 2.75) is 70.9 Å². The van der Waals surface area contributed by atoms with E-state index in [1.54, 1.807) is 18.9 Å². The van der Waals surface area contributed by atoms with Crippen LogP contribution in [0.1, 0.15) is 64.1 Å². The summed E-state index contributed by atoms with van der Waals surface area (Å²) < 4.78 is 18.3. The molecule has 6 nitrogen and oxygen atoms in total. The van der Waals surface area contributed by atoms with Crippen LogP contribution < -0.4 is 4.90 Å². The van der Waals surface area contributed by atoms with E-state index in [1.807, 2.05) is 26.8 Å². The summed E-state index contributed by atoms with van der Waals surface area (Å²) in [4.78, 5) is 25.4. The maximum absolute atomic E-state index is 12.8. The highest BCUT2D eigenvalue weighted by Crippen LogP contribution is 2.40. The molecule has 2 unspecified atom stereocenters. The lowest BCUT2D eigenvalue weighted by atomic mass is 10.0. The molecule has 0 radical (unpaired) electrons. The van der Waals surface area contributed by atoms with Gasteiger partial charge in [-0.25, -0.2) is 19.2 Å². The summed E-state index contributed by atoms with van der Waals surface area (Å²) in [6.45, 7) is 8.46. The summed E-state index contributed by atoms with van der Waals surface area (Å²) in [6.07, 6.45) is 5.10. The van der Waals surface area contributed by atoms with Crippen molar-refractivity contribution < 1.29 is 13.9 Å². The standard InChI is InChI=1S/C22H32ClFN4O2/c1-14(12-24)6-7-15-8-9-17-18(15)25-20(23)26-19(17)28-11-10-16(13-28)27(5)21(29)30-22(2,3)4/h6,15-16H,7-13H2,1-5H3/b14-6+. The van der Waals surface area contributed by atoms with E-state index in [9.17, 15) is 9.18 Å². The highest BCUT2D eigenvalue weighted by Gasteiger charge is 2.35. The molecule has 0 saturated carbocycles. The lowest BCUT2D eigenvalue weighted by Crippen LogP contribution is -2.42. The lowest BCUT2D eigenvalue weighted by Gasteiger charge is -2.29. The van der Waals surface area contributed by atoms with Crippen LogP contribution in [0.25, 0.3) is 0 Å². The van der Waals surface area contributed by atoms with Gasteiger partial charge in [-0.3, -0.25) is 0 Å². The molecular formula is C22H32ClFN4O2. The van der Waals surface area contributed by atoms with Gasteiger partial charge < -0.3 is 14.5 Å². The zero-order chi connectivity index (χ0) is 22.1. The number of likely N-dealkylation sites (N-methyl/N-ethyl adjacent to an activating group) is 1. The molecule has 0 bridgehead atoms. The van der Waals surface area contributed by atoms with Crippen LogP contribution in [-0.4, -0.2) is 59.4 Å². The van der Waals surface area contributed by atoms with E-state index in [4.69, 9.17) is 16.3 Å². The van der Waals surface area contributed by atoms with Gasteiger partial charge in [0.05, 0.1) is 11.7 Å². The van der Waals surface area contributed by atoms with Gasteiger partial charge in [0.15, 0.2) is 0 Å². The monoisotopic (exact) mass is 438 g/mol. The first-order valence-corrected chi connectivity index (χ1v) is 11.0. The second kappa shape index (κ2) is 9.08. The summed E-state index contributed by atoms with van der Waals surface area (Å²) in [5.41, 5.74) is 2.35. The van der Waals surface area contributed by atoms with E-state index in [1.165, 1.54) is 0 Å². The number of anilines is 1. The molecular weight excluding hydrogens is 407 g/mol. The zero-order valence-corrected chi connectivity index (χ0v) is 19.3. The van der Waals surface area contributed by atoms with Crippen molar-refractivity contribution in [2.24, 2.45) is 0 Å². The molecule has 30 heavy (non-hydrogen) atoms. The van der Waals surface area contributed by atoms with Crippen LogP contribution in [0.4, 0.5) is 15.0 Å². The topological polar surface area (TPSA) is 58.6 Å². The fourth-order valence-corrected chi connectivity index (χ4v) is 4.29. The molecule has 0 N–H and O–H groups in total. The number of fused-ring (bicyclic) bond motifs is 1. The summed E-state index contributed by atoms with van der Waals surface area (Å²) in [5.74, 6) is 1.11. The SMILES string of the molecule is C/C(=C\CC1CCc2c1nc(Cl)nc2N1CCC(N(C)C(=O)OC(C)(C)C)C1)CF. The molecule has 166 valence electrons. The summed E-state index contributed by atoms with van der Waals surface area (Å²) in [5, 5.41) is 0.241. The molecule has 0 spiro atoms. The number of rotatable bonds is 5. The Morgan fingerprint density at radius 2 is 2.10 bits per heavy atom. The Hall–Kier alpha value is -1.89. The normalized spacial score (nSPS) is 21.7. The number of carbonyl (C=O) groups excluding carboxylic acids is 1. The van der Waals surface area contributed by atoms with E-state index >= 15 is 0 Å². The minimum absolute atomic E-state index is 0.0524. The molecule has 1 saturated heterocycles. The van der Waals surface area contributed by atoms with E-state index in [0.29, 0.717) is 6.54 Å². The molecule has 0 aromatic carbocycles. The minimum atomic E-state index is -0.519. The quantitative estimate of drug-likeness (QED) is 0.482. The number of carbonyl (C=O) groups is 1. The van der Waals surface area contributed by atoms with Gasteiger partial charge in [-0.05, 0) is 70.6 Å². The highest BCUT2D eigenvalue weighted by molar-refractivity contribution is 6.28. The number of aromatic nitrogens is 2. The van der Waals surface area contributed by atoms with Crippen LogP contribution in [0.5, 0.6) is 0 Å². The van der Waals surface area contributed by atoms with E-state index in [2.05, 4.69) is 14.9 Å². The third kappa shape index (κ3) is 5.23. The predicted molar refractivity (Wildman–Crippen MR) is 117 cm³/mol. The van der Waals surface area contributed by atoms with Crippen LogP contribution in [0.3, 0.4) is 0 Å². The second-order valence-electron chi connectivity index (χ2n) is 9.32. The van der Waals surface area contributed by atoms with Gasteiger partial charge in [-0.15, -0.1) is 0 Å². The number of ether oxygens (including phenoxy) is 1. The second-order valence-corrected chi connectivity index (χ2v) is 9.65. The van der Waals surface area contributed by atoms with Crippen molar-refractivity contribution in [2.75, 3.05) is 31.7 Å². The molecule has 2 heterocycles. The Balaban J connectivity index is 1.74. The van der Waals surface area contributed by atoms with E-state index in [0.717, 1.165) is 54.9 Å². The van der Waals surface area contributed by atoms with Crippen molar-refractivity contribution in [3.8, 4) is 0 Å². The number of hydrogen-bond acceptors (Lipinski definition) is 5. The highest BCUT2D eigenvalue weighted by atomic mass is 35.5. The Kier molecular flexibility index (Phi) is 6.90. The van der Waals surface area contributed by atoms with Crippen LogP contribution in [0.15, 0.2) is 11.6 Å². The third-order valence-electron chi connectivity index (χ3n) is 5.77. The zero-order valence-electron chi connectivity index (χ0n) is 18.5. The molecule has 1 aromatic heterocycles. The largest absolute Gasteiger partial charge is 0.444 e. The molecule has 2 aliphatic rings. The van der Waals surface area contributed by atoms with Crippen molar-refractivity contribution in [1.82, 2.24) is 14.9 Å². The Morgan fingerprint density at radius 1 is 1.37 bits per heavy atom. The first-order valence-electron chi connectivity index (χ1n) is 10.6. The van der Waals surface area contributed by atoms with Gasteiger partial charge >= 0.3 is 6.09 Å². The van der Waals surface area contributed by atoms with Crippen LogP contribution in [-0.2, 0) is 11.2 Å². The number of halogens is 2. The average Bonchev–Trinajstić information content (AvgIpc) is 3.30. The minimum Gasteiger partial charge on any atom is -0.444 e. The van der Waals surface area contributed by atoms with Gasteiger partial charge in [0.1, 0.15) is 18.1 Å². The van der Waals surface area contributed by atoms with Crippen molar-refractivity contribution in [3.63, 3.8) is 0 Å². The molecule has 8 heteroatoms. The van der Waals surface area contributed by atoms with E-state index in [-0.39, 0.29) is 23.3 Å². The Bertz CT molecular complexity index is 824. The van der Waals surface area contributed by atoms with Gasteiger partial charge in [0.25, 0.3) is 0 Å². The Labute approximate surface area is 183 Å².